The number of halogens is 2. The summed E-state index contributed by atoms with van der Waals surface area (Å²) in [7, 11) is -2.96. The van der Waals surface area contributed by atoms with Crippen LogP contribution in [-0.4, -0.2) is 19.4 Å². The fourth-order valence-corrected chi connectivity index (χ4v) is 12.2. The number of benzene rings is 4. The van der Waals surface area contributed by atoms with Gasteiger partial charge in [-0.3, -0.25) is 0 Å². The zero-order valence-corrected chi connectivity index (χ0v) is 31.4. The Morgan fingerprint density at radius 3 is 1.76 bits per heavy atom. The van der Waals surface area contributed by atoms with E-state index in [4.69, 9.17) is 0 Å². The zero-order valence-electron chi connectivity index (χ0n) is 25.4. The molecule has 0 fully saturated rings. The summed E-state index contributed by atoms with van der Waals surface area (Å²) < 4.78 is 1.42. The predicted molar refractivity (Wildman–Crippen MR) is 181 cm³/mol. The summed E-state index contributed by atoms with van der Waals surface area (Å²) in [5.41, 5.74) is 5.61. The Kier molecular flexibility index (Phi) is 11.6. The fourth-order valence-electron chi connectivity index (χ4n) is 5.79. The van der Waals surface area contributed by atoms with E-state index in [-0.39, 0.29) is 24.8 Å². The Morgan fingerprint density at radius 2 is 1.26 bits per heavy atom. The molecule has 0 saturated carbocycles. The average Bonchev–Trinajstić information content (AvgIpc) is 3.61. The molecule has 0 nitrogen and oxygen atoms in total. The first-order chi connectivity index (χ1) is 19.1. The van der Waals surface area contributed by atoms with Crippen molar-refractivity contribution < 1.29 is 49.0 Å². The predicted octanol–water partition coefficient (Wildman–Crippen LogP) is 2.96. The topological polar surface area (TPSA) is 0 Å². The Hall–Kier alpha value is -2.00. The van der Waals surface area contributed by atoms with Gasteiger partial charge in [-0.25, -0.2) is 0 Å². The Balaban J connectivity index is 0.000000258. The SMILES string of the molecule is C[Si](C)(C)c1cc(C2=CC=CC2)c2[cH-]c3ccccc3c2c1[Si](C)(C)C.[Cl-].[Cl-].[Zr+2]=[C](c1ccccc1)c1ccccc1. The molecular weight excluding hydrogens is 663 g/mol. The Morgan fingerprint density at radius 1 is 0.714 bits per heavy atom. The molecule has 6 rings (SSSR count). The first-order valence-electron chi connectivity index (χ1n) is 14.3. The van der Waals surface area contributed by atoms with Gasteiger partial charge < -0.3 is 24.8 Å². The van der Waals surface area contributed by atoms with Gasteiger partial charge in [-0.15, -0.1) is 33.7 Å². The van der Waals surface area contributed by atoms with Crippen molar-refractivity contribution in [2.24, 2.45) is 0 Å². The molecule has 1 aliphatic carbocycles. The van der Waals surface area contributed by atoms with Gasteiger partial charge in [0.05, 0.1) is 16.1 Å². The molecule has 0 bridgehead atoms. The first kappa shape index (κ1) is 34.5. The van der Waals surface area contributed by atoms with Gasteiger partial charge in [0.2, 0.25) is 0 Å². The first-order valence-corrected chi connectivity index (χ1v) is 22.5. The maximum atomic E-state index is 2.58. The summed E-state index contributed by atoms with van der Waals surface area (Å²) in [4.78, 5) is 0. The van der Waals surface area contributed by atoms with Crippen molar-refractivity contribution in [3.63, 3.8) is 0 Å². The Bertz CT molecular complexity index is 1690. The van der Waals surface area contributed by atoms with E-state index in [1.54, 1.807) is 15.8 Å². The standard InChI is InChI=1S/C24H29Si2.C13H10.2ClH.Zr/c1-25(2,3)22-16-20(17-11-7-8-12-17)21-15-18-13-9-10-14-19(18)23(21)24(22)26(4,5)6;1-3-7-12(8-4-1)11-13-9-5-2-6-10-13;;;/h7-11,13-16H,12H2,1-6H3;1-10H;2*1H;/q-1;;;;+2/p-2. The van der Waals surface area contributed by atoms with Gasteiger partial charge in [-0.2, -0.15) is 0 Å². The minimum absolute atomic E-state index is 0. The number of allylic oxidation sites excluding steroid dienone is 4. The molecule has 5 aromatic carbocycles. The van der Waals surface area contributed by atoms with Gasteiger partial charge in [0.25, 0.3) is 0 Å². The molecule has 0 spiro atoms. The Labute approximate surface area is 281 Å². The second-order valence-corrected chi connectivity index (χ2v) is 24.1. The summed E-state index contributed by atoms with van der Waals surface area (Å²) >= 11 is 1.46. The van der Waals surface area contributed by atoms with Crippen LogP contribution in [-0.2, 0) is 24.2 Å². The summed E-state index contributed by atoms with van der Waals surface area (Å²) in [5, 5.41) is 9.27. The van der Waals surface area contributed by atoms with Crippen LogP contribution in [0, 0.1) is 0 Å². The summed E-state index contributed by atoms with van der Waals surface area (Å²) in [6.07, 6.45) is 7.87. The number of fused-ring (bicyclic) bond motifs is 3. The van der Waals surface area contributed by atoms with E-state index in [0.29, 0.717) is 0 Å². The maximum absolute atomic E-state index is 2.58. The van der Waals surface area contributed by atoms with Crippen molar-refractivity contribution >= 4 is 56.8 Å². The molecule has 0 aromatic heterocycles. The van der Waals surface area contributed by atoms with Crippen LogP contribution in [0.2, 0.25) is 39.3 Å². The van der Waals surface area contributed by atoms with Crippen molar-refractivity contribution in [1.29, 1.82) is 0 Å². The number of rotatable bonds is 5. The quantitative estimate of drug-likeness (QED) is 0.196. The fraction of sp³-hybridized carbons (Fsp3) is 0.189. The third-order valence-electron chi connectivity index (χ3n) is 7.70. The molecule has 0 amide bonds. The van der Waals surface area contributed by atoms with Crippen LogP contribution in [0.15, 0.2) is 115 Å². The van der Waals surface area contributed by atoms with Gasteiger partial charge >= 0.3 is 99.2 Å². The molecule has 1 aliphatic rings. The van der Waals surface area contributed by atoms with Gasteiger partial charge in [0.15, 0.2) is 0 Å². The van der Waals surface area contributed by atoms with Crippen LogP contribution in [0.4, 0.5) is 0 Å². The van der Waals surface area contributed by atoms with E-state index < -0.39 is 16.1 Å². The van der Waals surface area contributed by atoms with Gasteiger partial charge in [0.1, 0.15) is 0 Å². The molecule has 42 heavy (non-hydrogen) atoms. The summed E-state index contributed by atoms with van der Waals surface area (Å²) in [6, 6.07) is 35.1. The monoisotopic (exact) mass is 699 g/mol. The third-order valence-corrected chi connectivity index (χ3v) is 13.4. The van der Waals surface area contributed by atoms with Crippen LogP contribution in [0.1, 0.15) is 23.1 Å². The van der Waals surface area contributed by atoms with E-state index >= 15 is 0 Å². The van der Waals surface area contributed by atoms with Crippen molar-refractivity contribution in [1.82, 2.24) is 0 Å². The van der Waals surface area contributed by atoms with Crippen LogP contribution < -0.4 is 35.2 Å². The average molecular weight is 702 g/mol. The van der Waals surface area contributed by atoms with E-state index in [2.05, 4.69) is 155 Å². The third kappa shape index (κ3) is 7.37. The molecule has 0 aliphatic heterocycles. The van der Waals surface area contributed by atoms with Crippen LogP contribution in [0.5, 0.6) is 0 Å². The molecule has 214 valence electrons. The number of hydrogen-bond donors (Lipinski definition) is 0. The van der Waals surface area contributed by atoms with Gasteiger partial charge in [-0.05, 0) is 6.42 Å². The van der Waals surface area contributed by atoms with E-state index in [0.717, 1.165) is 6.42 Å². The van der Waals surface area contributed by atoms with E-state index in [1.807, 2.05) is 0 Å². The molecular formula is C37H39Cl2Si2Zr-. The van der Waals surface area contributed by atoms with Crippen LogP contribution >= 0.6 is 0 Å². The van der Waals surface area contributed by atoms with Crippen molar-refractivity contribution in [2.75, 3.05) is 0 Å². The second-order valence-electron chi connectivity index (χ2n) is 12.8. The molecule has 0 radical (unpaired) electrons. The van der Waals surface area contributed by atoms with Crippen molar-refractivity contribution in [3.8, 4) is 0 Å². The minimum atomic E-state index is -1.50. The second kappa shape index (κ2) is 14.2. The molecule has 0 N–H and O–H groups in total. The van der Waals surface area contributed by atoms with Crippen molar-refractivity contribution in [2.45, 2.75) is 45.7 Å². The van der Waals surface area contributed by atoms with Crippen LogP contribution in [0.25, 0.3) is 27.1 Å². The zero-order chi connectivity index (χ0) is 28.5. The van der Waals surface area contributed by atoms with E-state index in [9.17, 15) is 0 Å². The van der Waals surface area contributed by atoms with Crippen molar-refractivity contribution in [3.05, 3.63) is 132 Å². The molecule has 0 saturated heterocycles. The molecule has 0 atom stereocenters. The summed E-state index contributed by atoms with van der Waals surface area (Å²) in [6.45, 7) is 15.1. The number of hydrogen-bond acceptors (Lipinski definition) is 0. The molecule has 5 aromatic rings. The molecule has 5 heteroatoms. The molecule has 0 heterocycles. The van der Waals surface area contributed by atoms with Crippen LogP contribution in [0.3, 0.4) is 0 Å². The van der Waals surface area contributed by atoms with E-state index in [1.165, 1.54) is 65.9 Å². The van der Waals surface area contributed by atoms with Gasteiger partial charge in [-0.1, -0.05) is 103 Å². The summed E-state index contributed by atoms with van der Waals surface area (Å²) in [5.74, 6) is 0. The normalized spacial score (nSPS) is 12.7. The molecule has 0 unspecified atom stereocenters. The van der Waals surface area contributed by atoms with Gasteiger partial charge in [0, 0.05) is 0 Å².